The van der Waals surface area contributed by atoms with Gasteiger partial charge >= 0.3 is 6.18 Å². The fraction of sp³-hybridized carbons (Fsp3) is 0.611. The van der Waals surface area contributed by atoms with Crippen molar-refractivity contribution in [2.24, 2.45) is 5.92 Å². The quantitative estimate of drug-likeness (QED) is 0.276. The highest BCUT2D eigenvalue weighted by atomic mass is 35.5. The van der Waals surface area contributed by atoms with Crippen LogP contribution < -0.4 is 9.64 Å². The van der Waals surface area contributed by atoms with E-state index in [1.807, 2.05) is 17.0 Å². The fourth-order valence-corrected chi connectivity index (χ4v) is 8.66. The zero-order valence-corrected chi connectivity index (χ0v) is 31.4. The Balaban J connectivity index is 0.00000271. The Hall–Kier alpha value is -3.24. The number of carbonyl (C=O) groups is 1. The number of anilines is 1. The molecule has 2 aromatic carbocycles. The third-order valence-electron chi connectivity index (χ3n) is 11.4. The number of benzene rings is 2. The number of ether oxygens (including phenoxy) is 3. The van der Waals surface area contributed by atoms with Crippen LogP contribution in [0.4, 0.5) is 23.2 Å². The third-order valence-corrected chi connectivity index (χ3v) is 11.4. The zero-order valence-electron chi connectivity index (χ0n) is 29.8. The molecular formula is C36H47Cl2F4N7O4. The molecule has 17 heteroatoms. The van der Waals surface area contributed by atoms with Gasteiger partial charge in [-0.1, -0.05) is 23.4 Å². The number of halogens is 6. The molecule has 0 saturated carbocycles. The SMILES string of the molecule is COC[C@H]1CN(C(=O)[C@]2(F)CN(C3CCOCC3)C[C@H]2c2ccc(OC)cc2)C[C@@H]1c1ccc(C(F)(F)F)cc1N1CCC(c2nn[nH]n2)CC1.Cl.Cl. The van der Waals surface area contributed by atoms with Gasteiger partial charge in [-0.05, 0) is 61.1 Å². The highest BCUT2D eigenvalue weighted by molar-refractivity contribution is 5.88. The van der Waals surface area contributed by atoms with Crippen molar-refractivity contribution in [3.63, 3.8) is 0 Å². The number of methoxy groups -OCH3 is 2. The van der Waals surface area contributed by atoms with Gasteiger partial charge in [0, 0.05) is 95.0 Å². The molecule has 3 aromatic rings. The number of nitrogens with zero attached hydrogens (tertiary/aromatic N) is 6. The van der Waals surface area contributed by atoms with Gasteiger partial charge in [-0.3, -0.25) is 9.69 Å². The lowest BCUT2D eigenvalue weighted by atomic mass is 9.85. The Kier molecular flexibility index (Phi) is 13.2. The van der Waals surface area contributed by atoms with E-state index < -0.39 is 29.2 Å². The van der Waals surface area contributed by atoms with Crippen LogP contribution in [-0.4, -0.2) is 121 Å². The lowest BCUT2D eigenvalue weighted by molar-refractivity contribution is -0.143. The van der Waals surface area contributed by atoms with Crippen LogP contribution in [0, 0.1) is 5.92 Å². The minimum Gasteiger partial charge on any atom is -0.497 e. The predicted molar refractivity (Wildman–Crippen MR) is 194 cm³/mol. The van der Waals surface area contributed by atoms with E-state index in [0.29, 0.717) is 68.5 Å². The molecule has 0 spiro atoms. The molecule has 7 rings (SSSR count). The molecule has 0 aliphatic carbocycles. The first-order valence-corrected chi connectivity index (χ1v) is 17.7. The number of nitrogens with one attached hydrogen (secondary N) is 1. The van der Waals surface area contributed by atoms with E-state index >= 15 is 4.39 Å². The number of alkyl halides is 4. The second-order valence-electron chi connectivity index (χ2n) is 14.3. The van der Waals surface area contributed by atoms with Crippen LogP contribution in [0.5, 0.6) is 5.75 Å². The molecule has 4 fully saturated rings. The number of hydrogen-bond acceptors (Lipinski definition) is 9. The third kappa shape index (κ3) is 8.38. The van der Waals surface area contributed by atoms with Crippen molar-refractivity contribution in [1.29, 1.82) is 0 Å². The molecular weight excluding hydrogens is 741 g/mol. The number of amides is 1. The number of rotatable bonds is 9. The van der Waals surface area contributed by atoms with Crippen LogP contribution in [0.15, 0.2) is 42.5 Å². The maximum atomic E-state index is 17.8. The molecule has 0 unspecified atom stereocenters. The Bertz CT molecular complexity index is 1640. The summed E-state index contributed by atoms with van der Waals surface area (Å²) in [6, 6.07) is 11.2. The van der Waals surface area contributed by atoms with Gasteiger partial charge in [-0.2, -0.15) is 18.4 Å². The summed E-state index contributed by atoms with van der Waals surface area (Å²) >= 11 is 0. The number of H-pyrrole nitrogens is 1. The average molecular weight is 789 g/mol. The van der Waals surface area contributed by atoms with Crippen LogP contribution >= 0.6 is 24.8 Å². The van der Waals surface area contributed by atoms with Crippen molar-refractivity contribution >= 4 is 36.4 Å². The van der Waals surface area contributed by atoms with Gasteiger partial charge in [0.2, 0.25) is 5.67 Å². The molecule has 0 radical (unpaired) electrons. The number of tetrazole rings is 1. The lowest BCUT2D eigenvalue weighted by Crippen LogP contribution is -2.50. The molecule has 0 bridgehead atoms. The van der Waals surface area contributed by atoms with Crippen LogP contribution in [-0.2, 0) is 20.4 Å². The maximum Gasteiger partial charge on any atom is 0.416 e. The Morgan fingerprint density at radius 2 is 1.72 bits per heavy atom. The van der Waals surface area contributed by atoms with Crippen molar-refractivity contribution in [1.82, 2.24) is 30.4 Å². The van der Waals surface area contributed by atoms with Gasteiger partial charge in [0.1, 0.15) is 5.75 Å². The Labute approximate surface area is 318 Å². The number of hydrogen-bond donors (Lipinski definition) is 1. The Morgan fingerprint density at radius 1 is 1.00 bits per heavy atom. The van der Waals surface area contributed by atoms with Crippen molar-refractivity contribution in [3.8, 4) is 5.75 Å². The number of piperidine rings is 1. The van der Waals surface area contributed by atoms with Crippen LogP contribution in [0.1, 0.15) is 66.0 Å². The molecule has 5 heterocycles. The van der Waals surface area contributed by atoms with Gasteiger partial charge < -0.3 is 24.0 Å². The monoisotopic (exact) mass is 787 g/mol. The van der Waals surface area contributed by atoms with Crippen LogP contribution in [0.3, 0.4) is 0 Å². The van der Waals surface area contributed by atoms with Crippen molar-refractivity contribution in [2.45, 2.75) is 61.3 Å². The minimum atomic E-state index is -4.53. The first-order chi connectivity index (χ1) is 24.6. The number of aromatic nitrogens is 4. The summed E-state index contributed by atoms with van der Waals surface area (Å²) in [5.74, 6) is -0.623. The number of carbonyl (C=O) groups excluding carboxylic acids is 1. The molecule has 53 heavy (non-hydrogen) atoms. The van der Waals surface area contributed by atoms with Crippen LogP contribution in [0.25, 0.3) is 0 Å². The number of likely N-dealkylation sites (tertiary alicyclic amines) is 2. The lowest BCUT2D eigenvalue weighted by Gasteiger charge is -2.35. The van der Waals surface area contributed by atoms with E-state index in [1.54, 1.807) is 37.3 Å². The molecule has 4 saturated heterocycles. The zero-order chi connectivity index (χ0) is 35.8. The second kappa shape index (κ2) is 17.1. The summed E-state index contributed by atoms with van der Waals surface area (Å²) in [5, 5.41) is 14.4. The molecule has 4 aliphatic heterocycles. The van der Waals surface area contributed by atoms with Crippen molar-refractivity contribution in [3.05, 3.63) is 65.0 Å². The average Bonchev–Trinajstić information content (AvgIpc) is 3.92. The molecule has 4 atom stereocenters. The van der Waals surface area contributed by atoms with Crippen molar-refractivity contribution < 1.29 is 36.6 Å². The minimum absolute atomic E-state index is 0. The molecule has 1 aromatic heterocycles. The standard InChI is InChI=1S/C36H45F4N7O4.2ClH/c1-49-21-25-18-46(34(48)35(37)22-47(27-11-15-51-16-12-27)20-31(35)23-3-6-28(50-2)7-4-23)19-30(25)29-8-5-26(36(38,39)40)17-32(29)45-13-9-24(10-14-45)33-41-43-44-42-33;;/h3-8,17,24-25,27,30-31H,9-16,18-22H2,1-2H3,(H,41,42,43,44);2*1H/t25-,30+,31+,35+;;/m1../s1. The second-order valence-corrected chi connectivity index (χ2v) is 14.3. The van der Waals surface area contributed by atoms with Gasteiger partial charge in [0.15, 0.2) is 5.82 Å². The summed E-state index contributed by atoms with van der Waals surface area (Å²) < 4.78 is 76.5. The smallest absolute Gasteiger partial charge is 0.416 e. The van der Waals surface area contributed by atoms with E-state index in [0.717, 1.165) is 24.5 Å². The van der Waals surface area contributed by atoms with E-state index in [-0.39, 0.29) is 74.9 Å². The predicted octanol–water partition coefficient (Wildman–Crippen LogP) is 5.63. The summed E-state index contributed by atoms with van der Waals surface area (Å²) in [4.78, 5) is 20.3. The molecule has 1 N–H and O–H groups in total. The largest absolute Gasteiger partial charge is 0.497 e. The normalized spacial score (nSPS) is 26.0. The van der Waals surface area contributed by atoms with E-state index in [4.69, 9.17) is 14.2 Å². The molecule has 4 aliphatic rings. The molecule has 292 valence electrons. The highest BCUT2D eigenvalue weighted by Crippen LogP contribution is 2.47. The first kappa shape index (κ1) is 40.9. The first-order valence-electron chi connectivity index (χ1n) is 17.7. The topological polar surface area (TPSA) is 109 Å². The van der Waals surface area contributed by atoms with Gasteiger partial charge in [0.25, 0.3) is 5.91 Å². The van der Waals surface area contributed by atoms with Crippen molar-refractivity contribution in [2.75, 3.05) is 78.2 Å². The van der Waals surface area contributed by atoms with Gasteiger partial charge in [0.05, 0.1) is 19.3 Å². The highest BCUT2D eigenvalue weighted by Gasteiger charge is 2.57. The molecule has 1 amide bonds. The summed E-state index contributed by atoms with van der Waals surface area (Å²) in [6.07, 6.45) is -1.70. The summed E-state index contributed by atoms with van der Waals surface area (Å²) in [6.45, 7) is 3.21. The maximum absolute atomic E-state index is 17.8. The molecule has 11 nitrogen and oxygen atoms in total. The van der Waals surface area contributed by atoms with Gasteiger partial charge in [-0.25, -0.2) is 4.39 Å². The van der Waals surface area contributed by atoms with E-state index in [9.17, 15) is 18.0 Å². The van der Waals surface area contributed by atoms with Crippen LogP contribution in [0.2, 0.25) is 0 Å². The number of aromatic amines is 1. The van der Waals surface area contributed by atoms with E-state index in [2.05, 4.69) is 25.5 Å². The van der Waals surface area contributed by atoms with Gasteiger partial charge in [-0.15, -0.1) is 35.0 Å². The fourth-order valence-electron chi connectivity index (χ4n) is 8.66. The van der Waals surface area contributed by atoms with E-state index in [1.165, 1.54) is 6.07 Å². The summed E-state index contributed by atoms with van der Waals surface area (Å²) in [5.41, 5.74) is -1.04. The Morgan fingerprint density at radius 3 is 2.34 bits per heavy atom. The summed E-state index contributed by atoms with van der Waals surface area (Å²) in [7, 11) is 3.14.